The van der Waals surface area contributed by atoms with E-state index in [0.29, 0.717) is 66.1 Å². The van der Waals surface area contributed by atoms with E-state index >= 15 is 0 Å². The van der Waals surface area contributed by atoms with Gasteiger partial charge in [-0.05, 0) is 78.8 Å². The molecule has 13 nitrogen and oxygen atoms in total. The molecular weight excluding hydrogens is 780 g/mol. The van der Waals surface area contributed by atoms with E-state index in [2.05, 4.69) is 23.1 Å². The van der Waals surface area contributed by atoms with E-state index in [1.165, 1.54) is 5.56 Å². The van der Waals surface area contributed by atoms with Crippen molar-refractivity contribution in [1.29, 1.82) is 0 Å². The highest BCUT2D eigenvalue weighted by atomic mass is 35.5. The molecule has 0 aliphatic carbocycles. The number of rotatable bonds is 21. The van der Waals surface area contributed by atoms with Gasteiger partial charge in [0.1, 0.15) is 11.6 Å². The van der Waals surface area contributed by atoms with Gasteiger partial charge >= 0.3 is 11.9 Å². The van der Waals surface area contributed by atoms with E-state index < -0.39 is 11.9 Å². The van der Waals surface area contributed by atoms with Crippen LogP contribution in [-0.4, -0.2) is 117 Å². The lowest BCUT2D eigenvalue weighted by atomic mass is 9.87. The number of carbonyl (C=O) groups is 2. The van der Waals surface area contributed by atoms with Gasteiger partial charge in [-0.2, -0.15) is 0 Å². The Bertz CT molecular complexity index is 1920. The molecule has 2 aliphatic heterocycles. The minimum Gasteiger partial charge on any atom is -0.493 e. The Morgan fingerprint density at radius 1 is 0.729 bits per heavy atom. The van der Waals surface area contributed by atoms with Crippen molar-refractivity contribution in [2.75, 3.05) is 95.7 Å². The van der Waals surface area contributed by atoms with Crippen LogP contribution in [0.4, 0.5) is 0 Å². The molecule has 3 aromatic rings. The zero-order valence-corrected chi connectivity index (χ0v) is 36.5. The van der Waals surface area contributed by atoms with Crippen LogP contribution in [0.15, 0.2) is 47.5 Å². The zero-order chi connectivity index (χ0) is 42.5. The molecule has 1 saturated heterocycles. The average Bonchev–Trinajstić information content (AvgIpc) is 3.71. The molecule has 0 saturated carbocycles. The van der Waals surface area contributed by atoms with Gasteiger partial charge in [-0.3, -0.25) is 4.90 Å². The smallest absolute Gasteiger partial charge is 0.350 e. The van der Waals surface area contributed by atoms with Crippen molar-refractivity contribution >= 4 is 23.5 Å². The number of quaternary nitrogens is 1. The Hall–Kier alpha value is -4.85. The lowest BCUT2D eigenvalue weighted by molar-refractivity contribution is -0.929. The summed E-state index contributed by atoms with van der Waals surface area (Å²) in [7, 11) is 11.4. The summed E-state index contributed by atoms with van der Waals surface area (Å²) >= 11 is 6.24. The number of benzene rings is 3. The number of fused-ring (bicyclic) bond motifs is 1. The van der Waals surface area contributed by atoms with Crippen LogP contribution in [0.25, 0.3) is 0 Å². The van der Waals surface area contributed by atoms with Gasteiger partial charge in [0.15, 0.2) is 34.5 Å². The monoisotopic (exact) mass is 839 g/mol. The molecule has 59 heavy (non-hydrogen) atoms. The van der Waals surface area contributed by atoms with Crippen LogP contribution >= 0.6 is 11.6 Å². The first-order chi connectivity index (χ1) is 28.5. The number of ether oxygens (including phenoxy) is 9. The molecule has 0 amide bonds. The molecular formula is C45H60ClN2O11+. The topological polar surface area (TPSA) is 120 Å². The van der Waals surface area contributed by atoms with Crippen molar-refractivity contribution in [3.8, 4) is 40.2 Å². The minimum absolute atomic E-state index is 0.00170. The molecule has 0 N–H and O–H groups in total. The third-order valence-corrected chi connectivity index (χ3v) is 11.6. The number of methoxy groups -OCH3 is 7. The third kappa shape index (κ3) is 11.3. The molecule has 1 fully saturated rings. The SMILES string of the molecule is COc1cc2c(cc1OC)[C@@H](Cc1cc(C)c(OC)c(OC)c1)N(CCCOC(=O)/C(Cl)=C/C(=O)OCCC[N+]1(Cc3cc(OC)c(OC)c(OC)c3)CCCC1)CC2. The first-order valence-electron chi connectivity index (χ1n) is 20.1. The number of hydrogen-bond donors (Lipinski definition) is 0. The second-order valence-electron chi connectivity index (χ2n) is 15.0. The third-order valence-electron chi connectivity index (χ3n) is 11.3. The second-order valence-corrected chi connectivity index (χ2v) is 15.4. The van der Waals surface area contributed by atoms with E-state index in [1.54, 1.807) is 49.8 Å². The van der Waals surface area contributed by atoms with Crippen LogP contribution < -0.4 is 33.2 Å². The highest BCUT2D eigenvalue weighted by Crippen LogP contribution is 2.42. The van der Waals surface area contributed by atoms with Crippen molar-refractivity contribution in [3.05, 3.63) is 75.3 Å². The molecule has 1 atom stereocenters. The van der Waals surface area contributed by atoms with Gasteiger partial charge in [-0.25, -0.2) is 9.59 Å². The summed E-state index contributed by atoms with van der Waals surface area (Å²) in [6, 6.07) is 12.3. The van der Waals surface area contributed by atoms with Gasteiger partial charge in [0, 0.05) is 50.0 Å². The van der Waals surface area contributed by atoms with Crippen molar-refractivity contribution in [3.63, 3.8) is 0 Å². The zero-order valence-electron chi connectivity index (χ0n) is 35.8. The Labute approximate surface area is 353 Å². The highest BCUT2D eigenvalue weighted by molar-refractivity contribution is 6.42. The number of hydrogen-bond acceptors (Lipinski definition) is 12. The predicted octanol–water partition coefficient (Wildman–Crippen LogP) is 7.00. The number of halogens is 1. The van der Waals surface area contributed by atoms with Crippen LogP contribution in [0, 0.1) is 6.92 Å². The molecule has 3 aromatic carbocycles. The first kappa shape index (κ1) is 45.2. The molecule has 0 spiro atoms. The number of carbonyl (C=O) groups excluding carboxylic acids is 2. The lowest BCUT2D eigenvalue weighted by Crippen LogP contribution is -2.45. The fourth-order valence-corrected chi connectivity index (χ4v) is 8.66. The molecule has 0 bridgehead atoms. The van der Waals surface area contributed by atoms with Gasteiger partial charge in [-0.1, -0.05) is 17.7 Å². The van der Waals surface area contributed by atoms with Gasteiger partial charge in [0.2, 0.25) is 5.75 Å². The summed E-state index contributed by atoms with van der Waals surface area (Å²) in [4.78, 5) is 27.9. The lowest BCUT2D eigenvalue weighted by Gasteiger charge is -2.38. The molecule has 14 heteroatoms. The summed E-state index contributed by atoms with van der Waals surface area (Å²) in [5, 5.41) is -0.324. The van der Waals surface area contributed by atoms with Crippen molar-refractivity contribution in [2.45, 2.75) is 58.0 Å². The fraction of sp³-hybridized carbons (Fsp3) is 0.511. The number of esters is 2. The molecule has 5 rings (SSSR count). The number of likely N-dealkylation sites (tertiary alicyclic amines) is 1. The molecule has 0 aromatic heterocycles. The number of aryl methyl sites for hydroxylation is 1. The van der Waals surface area contributed by atoms with Crippen molar-refractivity contribution in [2.24, 2.45) is 0 Å². The summed E-state index contributed by atoms with van der Waals surface area (Å²) in [5.74, 6) is 3.11. The summed E-state index contributed by atoms with van der Waals surface area (Å²) in [6.07, 6.45) is 5.97. The van der Waals surface area contributed by atoms with Crippen molar-refractivity contribution in [1.82, 2.24) is 4.90 Å². The van der Waals surface area contributed by atoms with E-state index in [0.717, 1.165) is 84.8 Å². The van der Waals surface area contributed by atoms with E-state index in [1.807, 2.05) is 25.1 Å². The maximum absolute atomic E-state index is 12.8. The standard InChI is InChI=1S/C45H60ClN2O11/c1-30-21-31(23-39(53-4)43(30)56-7)22-36-34-27-38(52-3)37(51-2)26-33(34)13-15-47(36)14-11-19-59-45(50)35(46)28-42(49)58-20-12-18-48(16-9-10-17-48)29-32-24-40(54-5)44(57-8)41(25-32)55-6/h21,23-28,36H,9-20,22,29H2,1-8H3/q+1/b35-28-/t36-/m1/s1. The quantitative estimate of drug-likeness (QED) is 0.0476. The molecule has 2 aliphatic rings. The Morgan fingerprint density at radius 3 is 1.95 bits per heavy atom. The molecule has 322 valence electrons. The maximum atomic E-state index is 12.8. The van der Waals surface area contributed by atoms with E-state index in [4.69, 9.17) is 54.2 Å². The molecule has 2 heterocycles. The fourth-order valence-electron chi connectivity index (χ4n) is 8.51. The van der Waals surface area contributed by atoms with Crippen LogP contribution in [0.5, 0.6) is 40.2 Å². The molecule has 0 radical (unpaired) electrons. The Balaban J connectivity index is 1.14. The van der Waals surface area contributed by atoms with Crippen LogP contribution in [0.3, 0.4) is 0 Å². The first-order valence-corrected chi connectivity index (χ1v) is 20.5. The minimum atomic E-state index is -0.770. The second kappa shape index (κ2) is 21.4. The summed E-state index contributed by atoms with van der Waals surface area (Å²) in [6.45, 7) is 7.44. The maximum Gasteiger partial charge on any atom is 0.350 e. The normalized spacial score (nSPS) is 16.2. The van der Waals surface area contributed by atoms with Gasteiger partial charge in [-0.15, -0.1) is 0 Å². The predicted molar refractivity (Wildman–Crippen MR) is 225 cm³/mol. The summed E-state index contributed by atoms with van der Waals surface area (Å²) < 4.78 is 51.0. The highest BCUT2D eigenvalue weighted by Gasteiger charge is 2.33. The van der Waals surface area contributed by atoms with Crippen LogP contribution in [0.1, 0.15) is 59.5 Å². The average molecular weight is 840 g/mol. The van der Waals surface area contributed by atoms with E-state index in [9.17, 15) is 9.59 Å². The molecule has 0 unspecified atom stereocenters. The van der Waals surface area contributed by atoms with Gasteiger partial charge in [0.25, 0.3) is 0 Å². The summed E-state index contributed by atoms with van der Waals surface area (Å²) in [5.41, 5.74) is 5.51. The number of nitrogens with zero attached hydrogens (tertiary/aromatic N) is 2. The van der Waals surface area contributed by atoms with Crippen molar-refractivity contribution < 1.29 is 56.7 Å². The Kier molecular flexibility index (Phi) is 16.4. The van der Waals surface area contributed by atoms with Crippen LogP contribution in [-0.2, 0) is 38.4 Å². The largest absolute Gasteiger partial charge is 0.493 e. The van der Waals surface area contributed by atoms with Gasteiger partial charge in [0.05, 0.1) is 82.6 Å². The van der Waals surface area contributed by atoms with E-state index in [-0.39, 0.29) is 24.3 Å². The Morgan fingerprint density at radius 2 is 1.32 bits per heavy atom. The van der Waals surface area contributed by atoms with Gasteiger partial charge < -0.3 is 47.1 Å². The van der Waals surface area contributed by atoms with Crippen LogP contribution in [0.2, 0.25) is 0 Å².